The topological polar surface area (TPSA) is 61.4 Å². The number of hydrogen-bond acceptors (Lipinski definition) is 4. The van der Waals surface area contributed by atoms with Crippen LogP contribution >= 0.6 is 22.6 Å². The molecule has 0 saturated heterocycles. The average molecular weight is 744 g/mol. The molecule has 3 aromatic heterocycles. The Morgan fingerprint density at radius 3 is 2.13 bits per heavy atom. The third-order valence-electron chi connectivity index (χ3n) is 6.67. The molecule has 0 unspecified atom stereocenters. The van der Waals surface area contributed by atoms with E-state index in [1.54, 1.807) is 37.0 Å². The van der Waals surface area contributed by atoms with E-state index >= 15 is 0 Å². The van der Waals surface area contributed by atoms with E-state index in [0.29, 0.717) is 6.42 Å². The molecule has 207 valence electrons. The fraction of sp³-hybridized carbons (Fsp3) is 0.484. The second-order valence-electron chi connectivity index (χ2n) is 9.81. The summed E-state index contributed by atoms with van der Waals surface area (Å²) in [5, 5.41) is 4.36. The predicted molar refractivity (Wildman–Crippen MR) is 171 cm³/mol. The summed E-state index contributed by atoms with van der Waals surface area (Å²) in [5.41, 5.74) is 4.64. The van der Waals surface area contributed by atoms with Gasteiger partial charge < -0.3 is 0 Å². The van der Waals surface area contributed by atoms with Crippen molar-refractivity contribution in [3.63, 3.8) is 0 Å². The first-order valence-corrected chi connectivity index (χ1v) is 16.9. The molecule has 0 saturated carbocycles. The molecule has 0 N–H and O–H groups in total. The summed E-state index contributed by atoms with van der Waals surface area (Å²) < 4.78 is 6.70. The number of aryl methyl sites for hydroxylation is 1. The average Bonchev–Trinajstić information content (AvgIpc) is 3.55. The summed E-state index contributed by atoms with van der Waals surface area (Å²) in [7, 11) is 0. The van der Waals surface area contributed by atoms with Crippen molar-refractivity contribution >= 4 is 56.3 Å². The molecule has 3 radical (unpaired) electrons. The van der Waals surface area contributed by atoms with Crippen LogP contribution in [0.5, 0.6) is 0 Å². The third kappa shape index (κ3) is 9.69. The monoisotopic (exact) mass is 745 g/mol. The molecule has 4 aromatic rings. The van der Waals surface area contributed by atoms with Crippen molar-refractivity contribution in [3.05, 3.63) is 73.0 Å². The van der Waals surface area contributed by atoms with Crippen LogP contribution in [0.4, 0.5) is 0 Å². The quantitative estimate of drug-likeness (QED) is 0.102. The van der Waals surface area contributed by atoms with Gasteiger partial charge in [-0.1, -0.05) is 30.3 Å². The van der Waals surface area contributed by atoms with Gasteiger partial charge in [0.25, 0.3) is 0 Å². The van der Waals surface area contributed by atoms with Gasteiger partial charge in [0.05, 0.1) is 16.0 Å². The summed E-state index contributed by atoms with van der Waals surface area (Å²) in [6.07, 6.45) is 18.6. The number of rotatable bonds is 13. The molecule has 0 aliphatic carbocycles. The van der Waals surface area contributed by atoms with Crippen molar-refractivity contribution in [1.82, 2.24) is 29.3 Å². The fourth-order valence-electron chi connectivity index (χ4n) is 4.42. The van der Waals surface area contributed by atoms with Crippen molar-refractivity contribution in [2.24, 2.45) is 0 Å². The number of aromatic nitrogens is 6. The van der Waals surface area contributed by atoms with Gasteiger partial charge in [-0.25, -0.2) is 19.6 Å². The van der Waals surface area contributed by atoms with Crippen LogP contribution in [0.25, 0.3) is 17.1 Å². The number of unbranched alkanes of at least 4 members (excludes halogenated alkanes) is 3. The van der Waals surface area contributed by atoms with E-state index in [-0.39, 0.29) is 0 Å². The molecule has 4 rings (SSSR count). The first kappa shape index (κ1) is 31.8. The molecule has 39 heavy (non-hydrogen) atoms. The third-order valence-corrected chi connectivity index (χ3v) is 8.95. The van der Waals surface area contributed by atoms with Gasteiger partial charge in [0.1, 0.15) is 11.3 Å². The minimum absolute atomic E-state index is 0.709. The van der Waals surface area contributed by atoms with Gasteiger partial charge in [-0.15, -0.1) is 0 Å². The summed E-state index contributed by atoms with van der Waals surface area (Å²) in [6.45, 7) is 9.74. The number of fused-ring (bicyclic) bond motifs is 1. The van der Waals surface area contributed by atoms with Crippen LogP contribution in [0.3, 0.4) is 0 Å². The van der Waals surface area contributed by atoms with Crippen molar-refractivity contribution < 1.29 is 0 Å². The molecule has 0 bridgehead atoms. The van der Waals surface area contributed by atoms with E-state index in [1.165, 1.54) is 63.4 Å². The van der Waals surface area contributed by atoms with Gasteiger partial charge in [-0.05, 0) is 35.1 Å². The number of nitrogens with zero attached hydrogens (tertiary/aromatic N) is 6. The maximum atomic E-state index is 4.74. The molecule has 1 aromatic carbocycles. The first-order valence-electron chi connectivity index (χ1n) is 14.4. The van der Waals surface area contributed by atoms with E-state index in [0.717, 1.165) is 33.1 Å². The minimum Gasteiger partial charge on any atom is -0.293 e. The van der Waals surface area contributed by atoms with Gasteiger partial charge >= 0.3 is 110 Å². The van der Waals surface area contributed by atoms with Crippen LogP contribution in [0, 0.1) is 3.57 Å². The Morgan fingerprint density at radius 1 is 0.872 bits per heavy atom. The molecule has 8 heteroatoms. The Labute approximate surface area is 261 Å². The summed E-state index contributed by atoms with van der Waals surface area (Å²) in [6, 6.07) is 10.2. The zero-order valence-electron chi connectivity index (χ0n) is 24.0. The van der Waals surface area contributed by atoms with E-state index in [4.69, 9.17) is 4.98 Å². The predicted octanol–water partition coefficient (Wildman–Crippen LogP) is 8.21. The molecule has 0 atom stereocenters. The first-order chi connectivity index (χ1) is 19.0. The molecule has 0 amide bonds. The number of benzene rings is 1. The SMILES string of the molecule is CCCC[C]([Sn])=C(CCCC)CCCC.CCn1c(-n2cc(I)cn2)nc2cnc(Cc3ccccc3)nc21. The fourth-order valence-corrected chi connectivity index (χ4v) is 6.03. The molecular weight excluding hydrogens is 702 g/mol. The van der Waals surface area contributed by atoms with Gasteiger partial charge in [0, 0.05) is 19.2 Å². The molecule has 0 spiro atoms. The number of imidazole rings is 1. The second kappa shape index (κ2) is 17.1. The summed E-state index contributed by atoms with van der Waals surface area (Å²) >= 11 is 3.91. The number of halogens is 1. The summed E-state index contributed by atoms with van der Waals surface area (Å²) in [4.78, 5) is 13.9. The van der Waals surface area contributed by atoms with Crippen LogP contribution in [-0.2, 0) is 13.0 Å². The Bertz CT molecular complexity index is 1300. The van der Waals surface area contributed by atoms with E-state index in [2.05, 4.69) is 82.1 Å². The van der Waals surface area contributed by atoms with Gasteiger partial charge in [0.15, 0.2) is 5.65 Å². The number of allylic oxidation sites excluding steroid dienone is 2. The number of hydrogen-bond donors (Lipinski definition) is 0. The van der Waals surface area contributed by atoms with E-state index < -0.39 is 0 Å². The molecule has 0 aliphatic heterocycles. The van der Waals surface area contributed by atoms with Crippen LogP contribution in [-0.4, -0.2) is 51.8 Å². The largest absolute Gasteiger partial charge is 0.293 e. The minimum atomic E-state index is 0.709. The van der Waals surface area contributed by atoms with E-state index in [9.17, 15) is 0 Å². The van der Waals surface area contributed by atoms with Gasteiger partial charge in [-0.2, -0.15) is 5.10 Å². The van der Waals surface area contributed by atoms with Crippen molar-refractivity contribution in [3.8, 4) is 5.95 Å². The molecule has 6 nitrogen and oxygen atoms in total. The second-order valence-corrected chi connectivity index (χ2v) is 12.8. The van der Waals surface area contributed by atoms with Gasteiger partial charge in [-0.3, -0.25) is 4.57 Å². The molecule has 0 fully saturated rings. The Balaban J connectivity index is 0.000000244. The molecule has 3 heterocycles. The molecule has 0 aliphatic rings. The maximum Gasteiger partial charge on any atom is 0.233 e. The van der Waals surface area contributed by atoms with Crippen LogP contribution in [0.2, 0.25) is 0 Å². The normalized spacial score (nSPS) is 10.9. The maximum absolute atomic E-state index is 4.74. The van der Waals surface area contributed by atoms with Crippen molar-refractivity contribution in [1.29, 1.82) is 0 Å². The van der Waals surface area contributed by atoms with E-state index in [1.807, 2.05) is 36.2 Å². The Hall–Kier alpha value is -1.75. The van der Waals surface area contributed by atoms with Crippen LogP contribution in [0.15, 0.2) is 58.1 Å². The van der Waals surface area contributed by atoms with Crippen LogP contribution in [0.1, 0.15) is 96.9 Å². The zero-order chi connectivity index (χ0) is 28.0. The van der Waals surface area contributed by atoms with Crippen molar-refractivity contribution in [2.75, 3.05) is 0 Å². The Kier molecular flexibility index (Phi) is 14.0. The van der Waals surface area contributed by atoms with Crippen molar-refractivity contribution in [2.45, 2.75) is 98.4 Å². The molecular formula is C31H42IN6Sn. The Morgan fingerprint density at radius 2 is 1.54 bits per heavy atom. The smallest absolute Gasteiger partial charge is 0.233 e. The standard InChI is InChI=1S/C17H15IN6.C14H27.Sn/c1-2-23-16-14(21-17(23)24-11-13(18)9-20-24)10-19-15(22-16)8-12-6-4-3-5-7-12;1-4-7-10-13-14(11-8-5-2)12-9-6-3;/h3-7,9-11H,2,8H2,1H3;4-12H2,1-3H3;. The van der Waals surface area contributed by atoms with Crippen LogP contribution < -0.4 is 0 Å². The zero-order valence-corrected chi connectivity index (χ0v) is 29.0. The van der Waals surface area contributed by atoms with Gasteiger partial charge in [0.2, 0.25) is 5.95 Å². The summed E-state index contributed by atoms with van der Waals surface area (Å²) in [5.74, 6) is 1.56.